The van der Waals surface area contributed by atoms with Crippen LogP contribution in [0.5, 0.6) is 5.75 Å². The predicted molar refractivity (Wildman–Crippen MR) is 67.4 cm³/mol. The van der Waals surface area contributed by atoms with Gasteiger partial charge >= 0.3 is 0 Å². The van der Waals surface area contributed by atoms with Crippen LogP contribution in [-0.2, 0) is 11.3 Å². The van der Waals surface area contributed by atoms with Crippen LogP contribution in [0.2, 0.25) is 0 Å². The van der Waals surface area contributed by atoms with Crippen molar-refractivity contribution < 1.29 is 18.6 Å². The smallest absolute Gasteiger partial charge is 0.261 e. The summed E-state index contributed by atoms with van der Waals surface area (Å²) in [6.07, 6.45) is -0.827. The van der Waals surface area contributed by atoms with E-state index in [0.29, 0.717) is 11.4 Å². The summed E-state index contributed by atoms with van der Waals surface area (Å²) in [4.78, 5) is 11.8. The fraction of sp³-hybridized carbons (Fsp3) is 0.308. The molecule has 0 fully saturated rings. The van der Waals surface area contributed by atoms with Crippen LogP contribution in [0, 0.1) is 12.7 Å². The number of para-hydroxylation sites is 1. The molecule has 20 heavy (non-hydrogen) atoms. The first-order valence-corrected chi connectivity index (χ1v) is 6.05. The zero-order valence-corrected chi connectivity index (χ0v) is 11.1. The second-order valence-electron chi connectivity index (χ2n) is 4.20. The minimum Gasteiger partial charge on any atom is -0.478 e. The summed E-state index contributed by atoms with van der Waals surface area (Å²) in [5.74, 6) is -0.853. The molecule has 1 N–H and O–H groups in total. The number of rotatable bonds is 5. The highest BCUT2D eigenvalue weighted by Gasteiger charge is 2.17. The molecule has 6 nitrogen and oxygen atoms in total. The first-order valence-electron chi connectivity index (χ1n) is 6.05. The highest BCUT2D eigenvalue weighted by atomic mass is 19.1. The topological polar surface area (TPSA) is 77.3 Å². The fourth-order valence-corrected chi connectivity index (χ4v) is 1.51. The Morgan fingerprint density at radius 3 is 2.85 bits per heavy atom. The zero-order valence-electron chi connectivity index (χ0n) is 11.1. The Hall–Kier alpha value is -2.44. The lowest BCUT2D eigenvalue weighted by Gasteiger charge is -2.14. The van der Waals surface area contributed by atoms with E-state index in [2.05, 4.69) is 20.3 Å². The minimum atomic E-state index is -0.827. The van der Waals surface area contributed by atoms with Crippen molar-refractivity contribution >= 4 is 5.91 Å². The molecule has 1 aromatic carbocycles. The Morgan fingerprint density at radius 1 is 1.45 bits per heavy atom. The maximum absolute atomic E-state index is 13.4. The Kier molecular flexibility index (Phi) is 4.29. The quantitative estimate of drug-likeness (QED) is 0.899. The van der Waals surface area contributed by atoms with Crippen LogP contribution >= 0.6 is 0 Å². The third-order valence-electron chi connectivity index (χ3n) is 2.69. The number of benzene rings is 1. The third-order valence-corrected chi connectivity index (χ3v) is 2.69. The summed E-state index contributed by atoms with van der Waals surface area (Å²) in [6, 6.07) is 5.91. The number of nitrogens with one attached hydrogen (secondary N) is 1. The van der Waals surface area contributed by atoms with Crippen LogP contribution < -0.4 is 10.1 Å². The first-order chi connectivity index (χ1) is 9.58. The number of nitrogens with zero attached hydrogens (tertiary/aromatic N) is 2. The number of carbonyl (C=O) groups excluding carboxylic acids is 1. The number of hydrogen-bond acceptors (Lipinski definition) is 5. The van der Waals surface area contributed by atoms with Crippen molar-refractivity contribution in [3.8, 4) is 5.75 Å². The van der Waals surface area contributed by atoms with E-state index < -0.39 is 11.9 Å². The molecular formula is C13H14FN3O3. The third kappa shape index (κ3) is 3.31. The molecule has 0 saturated heterocycles. The molecule has 7 heteroatoms. The van der Waals surface area contributed by atoms with Gasteiger partial charge in [-0.15, -0.1) is 0 Å². The first kappa shape index (κ1) is 14.0. The van der Waals surface area contributed by atoms with Crippen molar-refractivity contribution in [3.63, 3.8) is 0 Å². The van der Waals surface area contributed by atoms with Gasteiger partial charge in [-0.05, 0) is 26.0 Å². The number of halogens is 1. The molecule has 1 heterocycles. The van der Waals surface area contributed by atoms with E-state index in [0.717, 1.165) is 0 Å². The van der Waals surface area contributed by atoms with Crippen molar-refractivity contribution in [2.75, 3.05) is 0 Å². The monoisotopic (exact) mass is 279 g/mol. The Bertz CT molecular complexity index is 600. The van der Waals surface area contributed by atoms with Crippen molar-refractivity contribution in [1.29, 1.82) is 0 Å². The number of amides is 1. The molecule has 106 valence electrons. The Balaban J connectivity index is 1.89. The van der Waals surface area contributed by atoms with Crippen molar-refractivity contribution in [2.24, 2.45) is 0 Å². The molecule has 0 aliphatic heterocycles. The van der Waals surface area contributed by atoms with Gasteiger partial charge in [-0.3, -0.25) is 4.79 Å². The van der Waals surface area contributed by atoms with Gasteiger partial charge in [0, 0.05) is 0 Å². The maximum Gasteiger partial charge on any atom is 0.261 e. The summed E-state index contributed by atoms with van der Waals surface area (Å²) >= 11 is 0. The van der Waals surface area contributed by atoms with E-state index >= 15 is 0 Å². The Morgan fingerprint density at radius 2 is 2.20 bits per heavy atom. The van der Waals surface area contributed by atoms with Gasteiger partial charge < -0.3 is 10.1 Å². The van der Waals surface area contributed by atoms with Gasteiger partial charge in [-0.1, -0.05) is 22.4 Å². The largest absolute Gasteiger partial charge is 0.478 e. The van der Waals surface area contributed by atoms with Crippen LogP contribution in [0.15, 0.2) is 28.9 Å². The van der Waals surface area contributed by atoms with Crippen molar-refractivity contribution in [3.05, 3.63) is 41.5 Å². The lowest BCUT2D eigenvalue weighted by Crippen LogP contribution is -2.36. The number of aromatic nitrogens is 2. The second kappa shape index (κ2) is 6.14. The zero-order chi connectivity index (χ0) is 14.5. The van der Waals surface area contributed by atoms with Gasteiger partial charge in [0.15, 0.2) is 17.7 Å². The summed E-state index contributed by atoms with van der Waals surface area (Å²) in [5.41, 5.74) is 1.14. The molecule has 0 bridgehead atoms. The molecule has 0 aliphatic rings. The molecule has 2 rings (SSSR count). The molecule has 2 aromatic rings. The number of carbonyl (C=O) groups is 1. The van der Waals surface area contributed by atoms with Crippen molar-refractivity contribution in [1.82, 2.24) is 15.6 Å². The van der Waals surface area contributed by atoms with E-state index in [9.17, 15) is 9.18 Å². The van der Waals surface area contributed by atoms with Gasteiger partial charge in [-0.2, -0.15) is 0 Å². The van der Waals surface area contributed by atoms with Crippen LogP contribution in [-0.4, -0.2) is 22.3 Å². The lowest BCUT2D eigenvalue weighted by molar-refractivity contribution is -0.127. The average Bonchev–Trinajstić information content (AvgIpc) is 2.84. The number of hydrogen-bond donors (Lipinski definition) is 1. The number of aryl methyl sites for hydroxylation is 1. The van der Waals surface area contributed by atoms with E-state index in [1.807, 2.05) is 0 Å². The molecule has 1 unspecified atom stereocenters. The van der Waals surface area contributed by atoms with Crippen LogP contribution in [0.1, 0.15) is 18.3 Å². The molecule has 0 saturated carbocycles. The maximum atomic E-state index is 13.4. The highest BCUT2D eigenvalue weighted by Crippen LogP contribution is 2.17. The fourth-order valence-electron chi connectivity index (χ4n) is 1.51. The van der Waals surface area contributed by atoms with Gasteiger partial charge in [0.2, 0.25) is 0 Å². The van der Waals surface area contributed by atoms with Gasteiger partial charge in [0.05, 0.1) is 6.54 Å². The second-order valence-corrected chi connectivity index (χ2v) is 4.20. The molecule has 1 amide bonds. The molecular weight excluding hydrogens is 265 g/mol. The SMILES string of the molecule is Cc1nonc1CNC(=O)C(C)Oc1ccccc1F. The van der Waals surface area contributed by atoms with Crippen LogP contribution in [0.25, 0.3) is 0 Å². The number of ether oxygens (including phenoxy) is 1. The normalized spacial score (nSPS) is 11.9. The van der Waals surface area contributed by atoms with Crippen LogP contribution in [0.4, 0.5) is 4.39 Å². The average molecular weight is 279 g/mol. The predicted octanol–water partition coefficient (Wildman–Crippen LogP) is 1.60. The Labute approximate surface area is 114 Å². The van der Waals surface area contributed by atoms with Gasteiger partial charge in [0.25, 0.3) is 5.91 Å². The van der Waals surface area contributed by atoms with Crippen molar-refractivity contribution in [2.45, 2.75) is 26.5 Å². The molecule has 1 aromatic heterocycles. The minimum absolute atomic E-state index is 0.0365. The van der Waals surface area contributed by atoms with Gasteiger partial charge in [-0.25, -0.2) is 9.02 Å². The summed E-state index contributed by atoms with van der Waals surface area (Å²) in [5, 5.41) is 9.86. The van der Waals surface area contributed by atoms with Crippen LogP contribution in [0.3, 0.4) is 0 Å². The summed E-state index contributed by atoms with van der Waals surface area (Å²) < 4.78 is 23.2. The van der Waals surface area contributed by atoms with E-state index in [1.54, 1.807) is 19.1 Å². The van der Waals surface area contributed by atoms with E-state index in [4.69, 9.17) is 4.74 Å². The molecule has 1 atom stereocenters. The lowest BCUT2D eigenvalue weighted by atomic mass is 10.3. The van der Waals surface area contributed by atoms with E-state index in [-0.39, 0.29) is 18.2 Å². The molecule has 0 spiro atoms. The standard InChI is InChI=1S/C13H14FN3O3/c1-8-11(17-20-16-8)7-15-13(18)9(2)19-12-6-4-3-5-10(12)14/h3-6,9H,7H2,1-2H3,(H,15,18). The molecule has 0 aliphatic carbocycles. The van der Waals surface area contributed by atoms with E-state index in [1.165, 1.54) is 19.1 Å². The van der Waals surface area contributed by atoms with Gasteiger partial charge in [0.1, 0.15) is 11.4 Å². The molecule has 0 radical (unpaired) electrons. The highest BCUT2D eigenvalue weighted by molar-refractivity contribution is 5.80. The summed E-state index contributed by atoms with van der Waals surface area (Å²) in [6.45, 7) is 3.44. The summed E-state index contributed by atoms with van der Waals surface area (Å²) in [7, 11) is 0.